The van der Waals surface area contributed by atoms with Crippen molar-refractivity contribution in [1.29, 1.82) is 0 Å². The Hall–Kier alpha value is -4.69. The molecule has 2 aromatic carbocycles. The molecule has 0 heterocycles. The van der Waals surface area contributed by atoms with Crippen LogP contribution < -0.4 is 33.2 Å². The Morgan fingerprint density at radius 3 is 2.13 bits per heavy atom. The van der Waals surface area contributed by atoms with Gasteiger partial charge in [0.25, 0.3) is 0 Å². The van der Waals surface area contributed by atoms with Crippen LogP contribution in [0.15, 0.2) is 59.6 Å². The summed E-state index contributed by atoms with van der Waals surface area (Å²) in [6, 6.07) is 12.0. The second-order valence-electron chi connectivity index (χ2n) is 11.9. The maximum atomic E-state index is 13.4. The number of hydrogen-bond donors (Lipinski definition) is 8. The average molecular weight is 655 g/mol. The van der Waals surface area contributed by atoms with Gasteiger partial charge >= 0.3 is 0 Å². The van der Waals surface area contributed by atoms with Crippen LogP contribution in [0.3, 0.4) is 0 Å². The zero-order valence-electron chi connectivity index (χ0n) is 27.4. The van der Waals surface area contributed by atoms with Crippen molar-refractivity contribution < 1.29 is 29.4 Å². The first-order chi connectivity index (χ1) is 22.3. The van der Waals surface area contributed by atoms with Gasteiger partial charge in [-0.3, -0.25) is 24.2 Å². The Bertz CT molecular complexity index is 1320. The Labute approximate surface area is 276 Å². The van der Waals surface area contributed by atoms with Gasteiger partial charge in [0.2, 0.25) is 23.6 Å². The molecule has 0 bridgehead atoms. The number of nitrogens with one attached hydrogen (secondary N) is 3. The van der Waals surface area contributed by atoms with E-state index in [9.17, 15) is 29.4 Å². The monoisotopic (exact) mass is 654 g/mol. The third-order valence-electron chi connectivity index (χ3n) is 7.48. The van der Waals surface area contributed by atoms with Crippen molar-refractivity contribution in [3.63, 3.8) is 0 Å². The highest BCUT2D eigenvalue weighted by molar-refractivity contribution is 5.93. The van der Waals surface area contributed by atoms with E-state index in [2.05, 4.69) is 20.9 Å². The van der Waals surface area contributed by atoms with E-state index in [0.29, 0.717) is 12.8 Å². The molecule has 2 aromatic rings. The summed E-state index contributed by atoms with van der Waals surface area (Å²) in [6.45, 7) is 3.49. The number of amides is 4. The number of guanidine groups is 1. The summed E-state index contributed by atoms with van der Waals surface area (Å²) in [5, 5.41) is 27.4. The predicted molar refractivity (Wildman–Crippen MR) is 180 cm³/mol. The molecule has 258 valence electrons. The van der Waals surface area contributed by atoms with E-state index >= 15 is 0 Å². The van der Waals surface area contributed by atoms with Crippen molar-refractivity contribution in [3.8, 4) is 5.75 Å². The van der Waals surface area contributed by atoms with Crippen LogP contribution in [0.25, 0.3) is 0 Å². The smallest absolute Gasteiger partial charge is 0.243 e. The molecule has 11 N–H and O–H groups in total. The van der Waals surface area contributed by atoms with E-state index in [1.54, 1.807) is 12.1 Å². The molecule has 0 aliphatic rings. The van der Waals surface area contributed by atoms with Crippen molar-refractivity contribution in [1.82, 2.24) is 20.9 Å². The molecule has 47 heavy (non-hydrogen) atoms. The van der Waals surface area contributed by atoms with E-state index in [4.69, 9.17) is 17.2 Å². The molecule has 0 aliphatic carbocycles. The molecule has 0 aromatic heterocycles. The summed E-state index contributed by atoms with van der Waals surface area (Å²) in [7, 11) is 1.48. The first-order valence-electron chi connectivity index (χ1n) is 15.7. The van der Waals surface area contributed by atoms with Gasteiger partial charge in [0.15, 0.2) is 5.96 Å². The van der Waals surface area contributed by atoms with E-state index < -0.39 is 54.3 Å². The zero-order chi connectivity index (χ0) is 34.9. The normalized spacial score (nSPS) is 13.5. The molecule has 0 radical (unpaired) electrons. The van der Waals surface area contributed by atoms with E-state index in [0.717, 1.165) is 11.1 Å². The topological polar surface area (TPSA) is 238 Å². The Morgan fingerprint density at radius 1 is 0.894 bits per heavy atom. The molecule has 14 heteroatoms. The van der Waals surface area contributed by atoms with Gasteiger partial charge in [-0.25, -0.2) is 0 Å². The van der Waals surface area contributed by atoms with Crippen LogP contribution in [0.4, 0.5) is 0 Å². The number of aliphatic imine (C=N–C) groups is 1. The van der Waals surface area contributed by atoms with Gasteiger partial charge in [-0.2, -0.15) is 0 Å². The number of rotatable bonds is 19. The number of phenolic OH excluding ortho intramolecular Hbond substituents is 1. The fraction of sp³-hybridized carbons (Fsp3) is 0.485. The van der Waals surface area contributed by atoms with Gasteiger partial charge in [-0.05, 0) is 54.9 Å². The highest BCUT2D eigenvalue weighted by atomic mass is 16.3. The van der Waals surface area contributed by atoms with E-state index in [1.165, 1.54) is 24.1 Å². The average Bonchev–Trinajstić information content (AvgIpc) is 3.03. The van der Waals surface area contributed by atoms with Crippen molar-refractivity contribution in [2.45, 2.75) is 70.1 Å². The summed E-state index contributed by atoms with van der Waals surface area (Å²) in [4.78, 5) is 58.2. The van der Waals surface area contributed by atoms with Crippen LogP contribution in [-0.2, 0) is 32.0 Å². The minimum atomic E-state index is -1.05. The lowest BCUT2D eigenvalue weighted by Crippen LogP contribution is -2.55. The number of nitrogens with two attached hydrogens (primary N) is 3. The minimum Gasteiger partial charge on any atom is -0.508 e. The molecule has 4 atom stereocenters. The molecule has 2 rings (SSSR count). The number of nitrogens with zero attached hydrogens (tertiary/aromatic N) is 2. The van der Waals surface area contributed by atoms with Gasteiger partial charge in [-0.15, -0.1) is 0 Å². The second kappa shape index (κ2) is 19.7. The number of carbonyl (C=O) groups is 4. The SMILES string of the molecule is CC(C)CC(CO)NC(=O)C(Cc1ccccc1)N(C)C(=O)CNC(=O)[C@@H](CCCN=C(N)N)NC(=O)C(N)Cc1ccc(O)cc1. The lowest BCUT2D eigenvalue weighted by molar-refractivity contribution is -0.140. The Morgan fingerprint density at radius 2 is 1.53 bits per heavy atom. The van der Waals surface area contributed by atoms with Crippen molar-refractivity contribution in [2.75, 3.05) is 26.7 Å². The fourth-order valence-corrected chi connectivity index (χ4v) is 4.90. The lowest BCUT2D eigenvalue weighted by Gasteiger charge is -2.30. The first kappa shape index (κ1) is 38.5. The van der Waals surface area contributed by atoms with Crippen LogP contribution in [0.2, 0.25) is 0 Å². The highest BCUT2D eigenvalue weighted by Crippen LogP contribution is 2.13. The Kier molecular flexibility index (Phi) is 16.2. The fourth-order valence-electron chi connectivity index (χ4n) is 4.90. The summed E-state index contributed by atoms with van der Waals surface area (Å²) in [5.41, 5.74) is 18.4. The number of aliphatic hydroxyl groups excluding tert-OH is 1. The summed E-state index contributed by atoms with van der Waals surface area (Å²) >= 11 is 0. The molecule has 3 unspecified atom stereocenters. The van der Waals surface area contributed by atoms with Gasteiger partial charge in [0, 0.05) is 20.0 Å². The molecular weight excluding hydrogens is 604 g/mol. The number of likely N-dealkylation sites (N-methyl/N-ethyl adjacent to an activating group) is 1. The Balaban J connectivity index is 2.13. The van der Waals surface area contributed by atoms with Gasteiger partial charge < -0.3 is 48.3 Å². The maximum Gasteiger partial charge on any atom is 0.243 e. The van der Waals surface area contributed by atoms with E-state index in [1.807, 2.05) is 44.2 Å². The van der Waals surface area contributed by atoms with Crippen LogP contribution in [0, 0.1) is 5.92 Å². The van der Waals surface area contributed by atoms with Gasteiger partial charge in [-0.1, -0.05) is 56.3 Å². The molecule has 0 aliphatic heterocycles. The van der Waals surface area contributed by atoms with Crippen LogP contribution in [-0.4, -0.2) is 95.6 Å². The van der Waals surface area contributed by atoms with Crippen molar-refractivity contribution in [2.24, 2.45) is 28.1 Å². The van der Waals surface area contributed by atoms with E-state index in [-0.39, 0.29) is 50.0 Å². The standard InChI is InChI=1S/C33H50N8O6/c1-21(2)16-24(20-42)39-32(47)28(18-22-8-5-4-6-9-22)41(3)29(44)19-38-31(46)27(10-7-15-37-33(35)36)40-30(45)26(34)17-23-11-13-25(43)14-12-23/h4-6,8-9,11-14,21,24,26-28,42-43H,7,10,15-20,34H2,1-3H3,(H,38,46)(H,39,47)(H,40,45)(H4,35,36,37)/t24?,26?,27-,28?/m1/s1. The quantitative estimate of drug-likeness (QED) is 0.0553. The summed E-state index contributed by atoms with van der Waals surface area (Å²) in [5.74, 6) is -1.97. The van der Waals surface area contributed by atoms with Crippen LogP contribution in [0.1, 0.15) is 44.2 Å². The first-order valence-corrected chi connectivity index (χ1v) is 15.7. The molecule has 0 fully saturated rings. The molecular formula is C33H50N8O6. The zero-order valence-corrected chi connectivity index (χ0v) is 27.4. The highest BCUT2D eigenvalue weighted by Gasteiger charge is 2.30. The molecule has 0 spiro atoms. The van der Waals surface area contributed by atoms with Crippen LogP contribution >= 0.6 is 0 Å². The maximum absolute atomic E-state index is 13.4. The van der Waals surface area contributed by atoms with Gasteiger partial charge in [0.1, 0.15) is 17.8 Å². The molecule has 0 saturated carbocycles. The molecule has 0 saturated heterocycles. The second-order valence-corrected chi connectivity index (χ2v) is 11.9. The van der Waals surface area contributed by atoms with Crippen molar-refractivity contribution >= 4 is 29.6 Å². The van der Waals surface area contributed by atoms with Crippen LogP contribution in [0.5, 0.6) is 5.75 Å². The largest absolute Gasteiger partial charge is 0.508 e. The molecule has 14 nitrogen and oxygen atoms in total. The minimum absolute atomic E-state index is 0.0805. The number of aromatic hydroxyl groups is 1. The van der Waals surface area contributed by atoms with Crippen molar-refractivity contribution in [3.05, 3.63) is 65.7 Å². The number of phenols is 1. The lowest BCUT2D eigenvalue weighted by atomic mass is 10.0. The van der Waals surface area contributed by atoms with Gasteiger partial charge in [0.05, 0.1) is 25.2 Å². The third-order valence-corrected chi connectivity index (χ3v) is 7.48. The summed E-state index contributed by atoms with van der Waals surface area (Å²) < 4.78 is 0. The number of aliphatic hydroxyl groups is 1. The third kappa shape index (κ3) is 14.1. The number of benzene rings is 2. The predicted octanol–water partition coefficient (Wildman–Crippen LogP) is -0.490. The summed E-state index contributed by atoms with van der Waals surface area (Å²) in [6.07, 6.45) is 1.44. The molecule has 4 amide bonds. The number of carbonyl (C=O) groups excluding carboxylic acids is 4. The number of hydrogen-bond acceptors (Lipinski definition) is 8.